The molecule has 0 saturated carbocycles. The van der Waals surface area contributed by atoms with E-state index in [-0.39, 0.29) is 11.7 Å². The first kappa shape index (κ1) is 25.3. The molecule has 1 heterocycles. The molecule has 0 radical (unpaired) electrons. The molecule has 7 nitrogen and oxygen atoms in total. The van der Waals surface area contributed by atoms with Gasteiger partial charge in [-0.2, -0.15) is 0 Å². The number of hydrogen-bond donors (Lipinski definition) is 1. The van der Waals surface area contributed by atoms with Gasteiger partial charge in [-0.3, -0.25) is 9.36 Å². The second-order valence-corrected chi connectivity index (χ2v) is 9.35. The van der Waals surface area contributed by atoms with Crippen LogP contribution in [0.5, 0.6) is 11.5 Å². The highest BCUT2D eigenvalue weighted by molar-refractivity contribution is 7.99. The van der Waals surface area contributed by atoms with Gasteiger partial charge in [0.05, 0.1) is 19.5 Å². The van der Waals surface area contributed by atoms with Crippen LogP contribution in [-0.2, 0) is 4.79 Å². The molecule has 186 valence electrons. The molecule has 0 aliphatic carbocycles. The Bertz CT molecular complexity index is 1280. The predicted octanol–water partition coefficient (Wildman–Crippen LogP) is 6.20. The van der Waals surface area contributed by atoms with Crippen molar-refractivity contribution in [2.45, 2.75) is 31.8 Å². The number of amides is 1. The number of carbonyl (C=O) groups is 1. The molecule has 1 N–H and O–H groups in total. The summed E-state index contributed by atoms with van der Waals surface area (Å²) in [5, 5.41) is 12.5. The molecule has 1 aromatic heterocycles. The maximum Gasteiger partial charge on any atom is 0.234 e. The predicted molar refractivity (Wildman–Crippen MR) is 144 cm³/mol. The van der Waals surface area contributed by atoms with Crippen molar-refractivity contribution >= 4 is 23.4 Å². The lowest BCUT2D eigenvalue weighted by Crippen LogP contribution is -2.14. The number of ether oxygens (including phenoxy) is 2. The summed E-state index contributed by atoms with van der Waals surface area (Å²) >= 11 is 1.34. The van der Waals surface area contributed by atoms with Gasteiger partial charge in [0.1, 0.15) is 11.5 Å². The van der Waals surface area contributed by atoms with Gasteiger partial charge in [-0.05, 0) is 79.1 Å². The lowest BCUT2D eigenvalue weighted by molar-refractivity contribution is -0.113. The summed E-state index contributed by atoms with van der Waals surface area (Å²) in [7, 11) is 1.63. The average molecular weight is 503 g/mol. The summed E-state index contributed by atoms with van der Waals surface area (Å²) in [6.07, 6.45) is 0. The molecule has 0 atom stereocenters. The molecule has 0 aliphatic heterocycles. The van der Waals surface area contributed by atoms with Crippen molar-refractivity contribution in [1.29, 1.82) is 0 Å². The van der Waals surface area contributed by atoms with Crippen LogP contribution in [0.1, 0.15) is 32.3 Å². The first-order chi connectivity index (χ1) is 17.5. The fourth-order valence-corrected chi connectivity index (χ4v) is 4.41. The molecule has 0 saturated heterocycles. The standard InChI is InChI=1S/C28H30N4O3S/c1-5-35-25-16-12-23(13-17-25)32-27(21-8-14-24(34-4)15-9-21)30-31-28(32)36-18-26(33)29-22-10-6-20(7-11-22)19(2)3/h6-17,19H,5,18H2,1-4H3,(H,29,33). The van der Waals surface area contributed by atoms with E-state index in [1.165, 1.54) is 17.3 Å². The SMILES string of the molecule is CCOc1ccc(-n2c(SCC(=O)Nc3ccc(C(C)C)cc3)nnc2-c2ccc(OC)cc2)cc1. The van der Waals surface area contributed by atoms with Crippen molar-refractivity contribution in [3.63, 3.8) is 0 Å². The fourth-order valence-electron chi connectivity index (χ4n) is 3.66. The van der Waals surface area contributed by atoms with Crippen LogP contribution in [0.4, 0.5) is 5.69 Å². The normalized spacial score (nSPS) is 10.9. The van der Waals surface area contributed by atoms with E-state index in [1.807, 2.05) is 84.3 Å². The molecule has 4 aromatic rings. The van der Waals surface area contributed by atoms with E-state index in [1.54, 1.807) is 7.11 Å². The lowest BCUT2D eigenvalue weighted by atomic mass is 10.0. The second-order valence-electron chi connectivity index (χ2n) is 8.41. The zero-order valence-electron chi connectivity index (χ0n) is 20.9. The number of methoxy groups -OCH3 is 1. The Labute approximate surface area is 215 Å². The molecule has 3 aromatic carbocycles. The Balaban J connectivity index is 1.56. The number of anilines is 1. The van der Waals surface area contributed by atoms with Crippen LogP contribution in [-0.4, -0.2) is 40.1 Å². The summed E-state index contributed by atoms with van der Waals surface area (Å²) in [5.74, 6) is 2.76. The molecule has 0 fully saturated rings. The van der Waals surface area contributed by atoms with Crippen LogP contribution >= 0.6 is 11.8 Å². The van der Waals surface area contributed by atoms with E-state index in [9.17, 15) is 4.79 Å². The van der Waals surface area contributed by atoms with Crippen molar-refractivity contribution in [1.82, 2.24) is 14.8 Å². The van der Waals surface area contributed by atoms with E-state index in [0.717, 1.165) is 28.4 Å². The van der Waals surface area contributed by atoms with Crippen molar-refractivity contribution in [2.24, 2.45) is 0 Å². The lowest BCUT2D eigenvalue weighted by Gasteiger charge is -2.12. The van der Waals surface area contributed by atoms with E-state index < -0.39 is 0 Å². The summed E-state index contributed by atoms with van der Waals surface area (Å²) in [6.45, 7) is 6.84. The fraction of sp³-hybridized carbons (Fsp3) is 0.250. The smallest absolute Gasteiger partial charge is 0.234 e. The molecular weight excluding hydrogens is 472 g/mol. The minimum Gasteiger partial charge on any atom is -0.497 e. The second kappa shape index (κ2) is 11.8. The van der Waals surface area contributed by atoms with Gasteiger partial charge >= 0.3 is 0 Å². The zero-order valence-corrected chi connectivity index (χ0v) is 21.7. The molecule has 0 spiro atoms. The van der Waals surface area contributed by atoms with Crippen molar-refractivity contribution in [3.8, 4) is 28.6 Å². The monoisotopic (exact) mass is 502 g/mol. The molecule has 0 bridgehead atoms. The molecule has 1 amide bonds. The number of nitrogens with one attached hydrogen (secondary N) is 1. The van der Waals surface area contributed by atoms with Crippen LogP contribution in [0.15, 0.2) is 78.0 Å². The van der Waals surface area contributed by atoms with Gasteiger partial charge in [-0.1, -0.05) is 37.7 Å². The third-order valence-corrected chi connectivity index (χ3v) is 6.51. The van der Waals surface area contributed by atoms with Gasteiger partial charge in [0.2, 0.25) is 5.91 Å². The van der Waals surface area contributed by atoms with Crippen LogP contribution in [0, 0.1) is 0 Å². The Kier molecular flexibility index (Phi) is 8.28. The highest BCUT2D eigenvalue weighted by Crippen LogP contribution is 2.30. The van der Waals surface area contributed by atoms with Gasteiger partial charge in [0, 0.05) is 16.9 Å². The zero-order chi connectivity index (χ0) is 25.5. The Hall–Kier alpha value is -3.78. The number of rotatable bonds is 10. The minimum absolute atomic E-state index is 0.107. The highest BCUT2D eigenvalue weighted by atomic mass is 32.2. The van der Waals surface area contributed by atoms with E-state index in [4.69, 9.17) is 9.47 Å². The number of hydrogen-bond acceptors (Lipinski definition) is 6. The van der Waals surface area contributed by atoms with Crippen molar-refractivity contribution < 1.29 is 14.3 Å². The van der Waals surface area contributed by atoms with E-state index >= 15 is 0 Å². The largest absolute Gasteiger partial charge is 0.497 e. The molecular formula is C28H30N4O3S. The molecule has 4 rings (SSSR count). The number of nitrogens with zero attached hydrogens (tertiary/aromatic N) is 3. The Morgan fingerprint density at radius 1 is 0.944 bits per heavy atom. The number of carbonyl (C=O) groups excluding carboxylic acids is 1. The van der Waals surface area contributed by atoms with Crippen molar-refractivity contribution in [3.05, 3.63) is 78.4 Å². The van der Waals surface area contributed by atoms with Gasteiger partial charge in [-0.25, -0.2) is 0 Å². The first-order valence-corrected chi connectivity index (χ1v) is 12.8. The number of aromatic nitrogens is 3. The highest BCUT2D eigenvalue weighted by Gasteiger charge is 2.18. The number of thioether (sulfide) groups is 1. The van der Waals surface area contributed by atoms with Gasteiger partial charge in [0.15, 0.2) is 11.0 Å². The quantitative estimate of drug-likeness (QED) is 0.260. The molecule has 0 unspecified atom stereocenters. The average Bonchev–Trinajstić information content (AvgIpc) is 3.32. The van der Waals surface area contributed by atoms with Crippen LogP contribution in [0.25, 0.3) is 17.1 Å². The van der Waals surface area contributed by atoms with Gasteiger partial charge in [-0.15, -0.1) is 10.2 Å². The third kappa shape index (κ3) is 6.07. The van der Waals surface area contributed by atoms with E-state index in [0.29, 0.717) is 23.5 Å². The maximum atomic E-state index is 12.7. The topological polar surface area (TPSA) is 78.3 Å². The maximum absolute atomic E-state index is 12.7. The summed E-state index contributed by atoms with van der Waals surface area (Å²) < 4.78 is 12.8. The Morgan fingerprint density at radius 2 is 1.61 bits per heavy atom. The van der Waals surface area contributed by atoms with Gasteiger partial charge < -0.3 is 14.8 Å². The summed E-state index contributed by atoms with van der Waals surface area (Å²) in [5.41, 5.74) is 3.77. The Morgan fingerprint density at radius 3 is 2.22 bits per heavy atom. The van der Waals surface area contributed by atoms with E-state index in [2.05, 4.69) is 29.4 Å². The summed E-state index contributed by atoms with van der Waals surface area (Å²) in [6, 6.07) is 23.3. The van der Waals surface area contributed by atoms with Crippen molar-refractivity contribution in [2.75, 3.05) is 24.8 Å². The van der Waals surface area contributed by atoms with Crippen LogP contribution in [0.3, 0.4) is 0 Å². The summed E-state index contributed by atoms with van der Waals surface area (Å²) in [4.78, 5) is 12.7. The number of benzene rings is 3. The first-order valence-electron chi connectivity index (χ1n) is 11.8. The minimum atomic E-state index is -0.107. The third-order valence-electron chi connectivity index (χ3n) is 5.58. The molecule has 0 aliphatic rings. The van der Waals surface area contributed by atoms with Crippen LogP contribution in [0.2, 0.25) is 0 Å². The van der Waals surface area contributed by atoms with Gasteiger partial charge in [0.25, 0.3) is 0 Å². The molecule has 36 heavy (non-hydrogen) atoms. The van der Waals surface area contributed by atoms with Crippen LogP contribution < -0.4 is 14.8 Å². The molecule has 8 heteroatoms.